The maximum atomic E-state index is 13.4. The van der Waals surface area contributed by atoms with Gasteiger partial charge in [0.2, 0.25) is 0 Å². The van der Waals surface area contributed by atoms with Gasteiger partial charge in [-0.1, -0.05) is 61.0 Å². The smallest absolute Gasteiger partial charge is 0.300 e. The van der Waals surface area contributed by atoms with Crippen LogP contribution in [0.2, 0.25) is 5.02 Å². The molecule has 1 saturated heterocycles. The molecule has 5 nitrogen and oxygen atoms in total. The molecule has 0 aromatic heterocycles. The minimum Gasteiger partial charge on any atom is -0.507 e. The number of benzene rings is 4. The number of amides is 1. The number of anilines is 1. The highest BCUT2D eigenvalue weighted by atomic mass is 35.5. The van der Waals surface area contributed by atoms with E-state index >= 15 is 0 Å². The molecule has 1 unspecified atom stereocenters. The van der Waals surface area contributed by atoms with Crippen LogP contribution in [0.4, 0.5) is 5.69 Å². The first-order chi connectivity index (χ1) is 17.5. The van der Waals surface area contributed by atoms with Crippen molar-refractivity contribution in [2.45, 2.75) is 19.4 Å². The number of Topliss-reactive ketones (excluding diaryl/α,β-unsaturated/α-hetero) is 1. The predicted octanol–water partition coefficient (Wildman–Crippen LogP) is 6.91. The van der Waals surface area contributed by atoms with E-state index in [1.165, 1.54) is 4.90 Å². The van der Waals surface area contributed by atoms with E-state index in [1.54, 1.807) is 48.5 Å². The number of ketones is 1. The number of nitrogens with zero attached hydrogens (tertiary/aromatic N) is 1. The lowest BCUT2D eigenvalue weighted by Crippen LogP contribution is -2.29. The summed E-state index contributed by atoms with van der Waals surface area (Å²) in [5.41, 5.74) is 1.72. The van der Waals surface area contributed by atoms with Gasteiger partial charge in [-0.15, -0.1) is 0 Å². The van der Waals surface area contributed by atoms with Crippen molar-refractivity contribution < 1.29 is 19.4 Å². The maximum Gasteiger partial charge on any atom is 0.300 e. The molecule has 36 heavy (non-hydrogen) atoms. The van der Waals surface area contributed by atoms with E-state index in [2.05, 4.69) is 0 Å². The maximum absolute atomic E-state index is 13.4. The van der Waals surface area contributed by atoms with E-state index in [1.807, 2.05) is 49.4 Å². The Bertz CT molecular complexity index is 1470. The van der Waals surface area contributed by atoms with Gasteiger partial charge in [0, 0.05) is 16.3 Å². The molecular formula is C30H24ClNO4. The molecule has 1 N–H and O–H groups in total. The van der Waals surface area contributed by atoms with Crippen LogP contribution in [0, 0.1) is 0 Å². The summed E-state index contributed by atoms with van der Waals surface area (Å²) in [6.07, 6.45) is 0.876. The fourth-order valence-corrected chi connectivity index (χ4v) is 4.69. The summed E-state index contributed by atoms with van der Waals surface area (Å²) < 4.78 is 5.64. The van der Waals surface area contributed by atoms with E-state index in [0.717, 1.165) is 22.8 Å². The molecule has 6 heteroatoms. The van der Waals surface area contributed by atoms with Crippen LogP contribution in [0.25, 0.3) is 16.5 Å². The molecule has 0 bridgehead atoms. The van der Waals surface area contributed by atoms with Gasteiger partial charge in [0.05, 0.1) is 18.2 Å². The van der Waals surface area contributed by atoms with Crippen molar-refractivity contribution in [2.75, 3.05) is 11.5 Å². The first kappa shape index (κ1) is 23.6. The number of carbonyl (C=O) groups excluding carboxylic acids is 2. The molecule has 4 aromatic carbocycles. The van der Waals surface area contributed by atoms with E-state index in [4.69, 9.17) is 16.3 Å². The Morgan fingerprint density at radius 3 is 2.33 bits per heavy atom. The van der Waals surface area contributed by atoms with E-state index < -0.39 is 17.7 Å². The van der Waals surface area contributed by atoms with Gasteiger partial charge in [-0.2, -0.15) is 0 Å². The third-order valence-electron chi connectivity index (χ3n) is 6.27. The summed E-state index contributed by atoms with van der Waals surface area (Å²) in [7, 11) is 0. The molecule has 5 rings (SSSR count). The van der Waals surface area contributed by atoms with Gasteiger partial charge in [-0.25, -0.2) is 0 Å². The average molecular weight is 498 g/mol. The minimum atomic E-state index is -0.826. The Labute approximate surface area is 214 Å². The van der Waals surface area contributed by atoms with E-state index in [9.17, 15) is 14.7 Å². The molecule has 0 radical (unpaired) electrons. The zero-order valence-electron chi connectivity index (χ0n) is 19.6. The number of carbonyl (C=O) groups is 2. The Kier molecular flexibility index (Phi) is 6.49. The number of rotatable bonds is 6. The fraction of sp³-hybridized carbons (Fsp3) is 0.133. The monoisotopic (exact) mass is 497 g/mol. The van der Waals surface area contributed by atoms with Crippen LogP contribution in [0.3, 0.4) is 0 Å². The number of halogens is 1. The molecule has 1 aliphatic rings. The first-order valence-corrected chi connectivity index (χ1v) is 12.1. The highest BCUT2D eigenvalue weighted by Gasteiger charge is 2.47. The SMILES string of the molecule is CCCOc1ccc(/C(O)=C2/C(=O)C(=O)N(c3ccc(Cl)cc3)C2c2cccc3ccccc23)cc1. The van der Waals surface area contributed by atoms with Crippen LogP contribution in [0.15, 0.2) is 96.6 Å². The first-order valence-electron chi connectivity index (χ1n) is 11.8. The topological polar surface area (TPSA) is 66.8 Å². The molecule has 1 aliphatic heterocycles. The summed E-state index contributed by atoms with van der Waals surface area (Å²) in [5, 5.41) is 13.8. The van der Waals surface area contributed by atoms with Crippen molar-refractivity contribution in [1.82, 2.24) is 0 Å². The highest BCUT2D eigenvalue weighted by molar-refractivity contribution is 6.52. The van der Waals surface area contributed by atoms with Gasteiger partial charge < -0.3 is 9.84 Å². The van der Waals surface area contributed by atoms with E-state index in [-0.39, 0.29) is 11.3 Å². The molecule has 0 saturated carbocycles. The lowest BCUT2D eigenvalue weighted by molar-refractivity contribution is -0.132. The second-order valence-electron chi connectivity index (χ2n) is 8.59. The van der Waals surface area contributed by atoms with Gasteiger partial charge in [0.15, 0.2) is 0 Å². The molecule has 1 atom stereocenters. The Morgan fingerprint density at radius 1 is 0.917 bits per heavy atom. The summed E-state index contributed by atoms with van der Waals surface area (Å²) in [4.78, 5) is 28.3. The average Bonchev–Trinajstić information content (AvgIpc) is 3.17. The van der Waals surface area contributed by atoms with Crippen LogP contribution >= 0.6 is 11.6 Å². The van der Waals surface area contributed by atoms with Gasteiger partial charge in [0.25, 0.3) is 11.7 Å². The second kappa shape index (κ2) is 9.88. The zero-order chi connectivity index (χ0) is 25.2. The molecule has 0 spiro atoms. The molecule has 4 aromatic rings. The number of hydrogen-bond donors (Lipinski definition) is 1. The quantitative estimate of drug-likeness (QED) is 0.178. The Morgan fingerprint density at radius 2 is 1.61 bits per heavy atom. The largest absolute Gasteiger partial charge is 0.507 e. The fourth-order valence-electron chi connectivity index (χ4n) is 4.57. The third-order valence-corrected chi connectivity index (χ3v) is 6.52. The van der Waals surface area contributed by atoms with E-state index in [0.29, 0.717) is 28.6 Å². The summed E-state index contributed by atoms with van der Waals surface area (Å²) in [6, 6.07) is 26.3. The van der Waals surface area contributed by atoms with Crippen LogP contribution in [0.5, 0.6) is 5.75 Å². The summed E-state index contributed by atoms with van der Waals surface area (Å²) in [5.74, 6) is -1.02. The van der Waals surface area contributed by atoms with Crippen LogP contribution < -0.4 is 9.64 Å². The Balaban J connectivity index is 1.71. The van der Waals surface area contributed by atoms with Crippen molar-refractivity contribution in [2.24, 2.45) is 0 Å². The molecule has 0 aliphatic carbocycles. The standard InChI is InChI=1S/C30H24ClNO4/c1-2-18-36-23-16-10-20(11-17-23)28(33)26-27(25-9-5-7-19-6-3-4-8-24(19)25)32(30(35)29(26)34)22-14-12-21(31)13-15-22/h3-17,27,33H,2,18H2,1H3/b28-26-. The van der Waals surface area contributed by atoms with Crippen molar-refractivity contribution in [3.05, 3.63) is 113 Å². The van der Waals surface area contributed by atoms with Crippen molar-refractivity contribution >= 4 is 45.5 Å². The molecule has 1 amide bonds. The number of ether oxygens (including phenoxy) is 1. The number of aliphatic hydroxyl groups excluding tert-OH is 1. The molecule has 1 heterocycles. The normalized spacial score (nSPS) is 17.1. The lowest BCUT2D eigenvalue weighted by Gasteiger charge is -2.26. The molecule has 180 valence electrons. The van der Waals surface area contributed by atoms with Gasteiger partial charge in [-0.05, 0) is 71.3 Å². The van der Waals surface area contributed by atoms with Gasteiger partial charge >= 0.3 is 0 Å². The predicted molar refractivity (Wildman–Crippen MR) is 142 cm³/mol. The summed E-state index contributed by atoms with van der Waals surface area (Å²) >= 11 is 6.09. The van der Waals surface area contributed by atoms with Crippen molar-refractivity contribution in [3.63, 3.8) is 0 Å². The second-order valence-corrected chi connectivity index (χ2v) is 9.02. The van der Waals surface area contributed by atoms with Crippen LogP contribution in [-0.4, -0.2) is 23.4 Å². The molecular weight excluding hydrogens is 474 g/mol. The summed E-state index contributed by atoms with van der Waals surface area (Å²) in [6.45, 7) is 2.60. The van der Waals surface area contributed by atoms with Crippen molar-refractivity contribution in [1.29, 1.82) is 0 Å². The Hall–Kier alpha value is -4.09. The molecule has 1 fully saturated rings. The third kappa shape index (κ3) is 4.23. The van der Waals surface area contributed by atoms with Crippen molar-refractivity contribution in [3.8, 4) is 5.75 Å². The number of aliphatic hydroxyl groups is 1. The van der Waals surface area contributed by atoms with Gasteiger partial charge in [0.1, 0.15) is 11.5 Å². The number of fused-ring (bicyclic) bond motifs is 1. The van der Waals surface area contributed by atoms with Gasteiger partial charge in [-0.3, -0.25) is 14.5 Å². The number of hydrogen-bond acceptors (Lipinski definition) is 4. The highest BCUT2D eigenvalue weighted by Crippen LogP contribution is 2.44. The van der Waals surface area contributed by atoms with Crippen LogP contribution in [0.1, 0.15) is 30.5 Å². The zero-order valence-corrected chi connectivity index (χ0v) is 20.4. The lowest BCUT2D eigenvalue weighted by atomic mass is 9.91. The van der Waals surface area contributed by atoms with Crippen LogP contribution in [-0.2, 0) is 9.59 Å². The minimum absolute atomic E-state index is 0.0357.